The van der Waals surface area contributed by atoms with Crippen LogP contribution in [0, 0.1) is 5.92 Å². The van der Waals surface area contributed by atoms with Gasteiger partial charge in [-0.15, -0.1) is 0 Å². The van der Waals surface area contributed by atoms with E-state index in [0.717, 1.165) is 12.8 Å². The van der Waals surface area contributed by atoms with E-state index in [4.69, 9.17) is 44.4 Å². The van der Waals surface area contributed by atoms with Gasteiger partial charge in [0.15, 0.2) is 0 Å². The fraction of sp³-hybridized carbons (Fsp3) is 0.300. The van der Waals surface area contributed by atoms with Crippen molar-refractivity contribution < 1.29 is 24.6 Å². The van der Waals surface area contributed by atoms with Crippen LogP contribution < -0.4 is 9.64 Å². The van der Waals surface area contributed by atoms with Crippen LogP contribution in [0.3, 0.4) is 0 Å². The van der Waals surface area contributed by atoms with Gasteiger partial charge in [0.1, 0.15) is 36.1 Å². The lowest BCUT2D eigenvalue weighted by Gasteiger charge is -2.26. The summed E-state index contributed by atoms with van der Waals surface area (Å²) in [6.45, 7) is 5.40. The monoisotopic (exact) mass is 615 g/mol. The maximum absolute atomic E-state index is 11.5. The number of benzene rings is 2. The first-order chi connectivity index (χ1) is 19.6. The number of carbonyl (C=O) groups is 1. The summed E-state index contributed by atoms with van der Waals surface area (Å²) in [5.41, 5.74) is 0.860. The van der Waals surface area contributed by atoms with Crippen molar-refractivity contribution in [1.82, 2.24) is 4.98 Å². The van der Waals surface area contributed by atoms with Crippen LogP contribution in [-0.4, -0.2) is 53.2 Å². The molecule has 1 aliphatic heterocycles. The molecule has 41 heavy (non-hydrogen) atoms. The number of nitrogens with zero attached hydrogens (tertiary/aromatic N) is 3. The Labute approximate surface area is 252 Å². The molecule has 2 aromatic carbocycles. The highest BCUT2D eigenvalue weighted by Crippen LogP contribution is 2.39. The minimum absolute atomic E-state index is 0.0620. The summed E-state index contributed by atoms with van der Waals surface area (Å²) in [6.07, 6.45) is 4.08. The molecule has 1 aromatic heterocycles. The largest absolute Gasteiger partial charge is 0.489 e. The van der Waals surface area contributed by atoms with Gasteiger partial charge in [0.2, 0.25) is 0 Å². The van der Waals surface area contributed by atoms with Gasteiger partial charge in [0.25, 0.3) is 0 Å². The van der Waals surface area contributed by atoms with Crippen LogP contribution in [-0.2, 0) is 10.4 Å². The van der Waals surface area contributed by atoms with E-state index in [9.17, 15) is 15.0 Å². The van der Waals surface area contributed by atoms with Crippen molar-refractivity contribution in [3.8, 4) is 5.75 Å². The van der Waals surface area contributed by atoms with E-state index in [1.165, 1.54) is 18.3 Å². The van der Waals surface area contributed by atoms with E-state index >= 15 is 0 Å². The number of β-amino-alcohol motifs (C(OH)–C–C–N with tert-alkyl or cyclic N) is 1. The number of ether oxygens (including phenoxy) is 1. The number of rotatable bonds is 11. The van der Waals surface area contributed by atoms with Crippen LogP contribution >= 0.6 is 34.8 Å². The van der Waals surface area contributed by atoms with Gasteiger partial charge in [0, 0.05) is 29.4 Å². The summed E-state index contributed by atoms with van der Waals surface area (Å²) < 4.78 is 5.98. The summed E-state index contributed by atoms with van der Waals surface area (Å²) in [4.78, 5) is 23.0. The third-order valence-electron chi connectivity index (χ3n) is 7.12. The molecule has 1 saturated heterocycles. The fourth-order valence-corrected chi connectivity index (χ4v) is 5.56. The number of aromatic carboxylic acids is 1. The summed E-state index contributed by atoms with van der Waals surface area (Å²) in [5.74, 6) is 0.425. The molecule has 11 heteroatoms. The van der Waals surface area contributed by atoms with Crippen molar-refractivity contribution >= 4 is 52.3 Å². The van der Waals surface area contributed by atoms with Crippen LogP contribution in [0.5, 0.6) is 5.75 Å². The first-order valence-corrected chi connectivity index (χ1v) is 14.2. The third-order valence-corrected chi connectivity index (χ3v) is 8.06. The molecule has 3 aromatic rings. The van der Waals surface area contributed by atoms with Crippen LogP contribution in [0.2, 0.25) is 15.1 Å². The zero-order chi connectivity index (χ0) is 29.1. The Morgan fingerprint density at radius 3 is 2.56 bits per heavy atom. The second-order valence-electron chi connectivity index (χ2n) is 10.2. The minimum atomic E-state index is -1.25. The molecule has 1 unspecified atom stereocenters. The average molecular weight is 617 g/mol. The Bertz CT molecular complexity index is 1490. The molecule has 0 spiro atoms. The van der Waals surface area contributed by atoms with Crippen molar-refractivity contribution in [2.45, 2.75) is 24.9 Å². The quantitative estimate of drug-likeness (QED) is 0.185. The van der Waals surface area contributed by atoms with Gasteiger partial charge < -0.3 is 24.7 Å². The van der Waals surface area contributed by atoms with E-state index in [2.05, 4.69) is 16.7 Å². The SMILES string of the molecule is C=C(COc1ccc(C2(O)CCN(c3cc(C(=O)O)ccn3)C2)c(Cl)c1)/C(=N\OCC1CC1)c1c(Cl)cccc1Cl. The lowest BCUT2D eigenvalue weighted by molar-refractivity contribution is 0.0607. The van der Waals surface area contributed by atoms with Crippen LogP contribution in [0.1, 0.15) is 40.7 Å². The molecular weight excluding hydrogens is 589 g/mol. The van der Waals surface area contributed by atoms with Gasteiger partial charge in [-0.2, -0.15) is 0 Å². The van der Waals surface area contributed by atoms with Gasteiger partial charge in [0.05, 0.1) is 27.2 Å². The third kappa shape index (κ3) is 6.79. The first-order valence-electron chi connectivity index (χ1n) is 13.1. The number of pyridine rings is 1. The van der Waals surface area contributed by atoms with Crippen LogP contribution in [0.15, 0.2) is 72.0 Å². The number of oxime groups is 1. The number of hydrogen-bond donors (Lipinski definition) is 2. The Kier molecular flexibility index (Phi) is 8.75. The van der Waals surface area contributed by atoms with Crippen LogP contribution in [0.4, 0.5) is 5.82 Å². The van der Waals surface area contributed by atoms with Crippen molar-refractivity contribution in [2.75, 3.05) is 31.2 Å². The maximum Gasteiger partial charge on any atom is 0.335 e. The molecular formula is C30H28Cl3N3O5. The second-order valence-corrected chi connectivity index (χ2v) is 11.4. The molecule has 214 valence electrons. The summed E-state index contributed by atoms with van der Waals surface area (Å²) in [6, 6.07) is 13.2. The van der Waals surface area contributed by atoms with Crippen LogP contribution in [0.25, 0.3) is 0 Å². The maximum atomic E-state index is 11.5. The molecule has 8 nitrogen and oxygen atoms in total. The molecule has 1 atom stereocenters. The Morgan fingerprint density at radius 2 is 1.88 bits per heavy atom. The first kappa shape index (κ1) is 29.2. The number of anilines is 1. The molecule has 1 aliphatic carbocycles. The molecule has 2 aliphatic rings. The molecule has 2 fully saturated rings. The number of carboxylic acid groups (broad SMARTS) is 1. The molecule has 2 heterocycles. The Balaban J connectivity index is 1.28. The van der Waals surface area contributed by atoms with Crippen molar-refractivity contribution in [2.24, 2.45) is 11.1 Å². The second kappa shape index (κ2) is 12.3. The van der Waals surface area contributed by atoms with Gasteiger partial charge in [-0.05, 0) is 61.6 Å². The molecule has 0 bridgehead atoms. The highest BCUT2D eigenvalue weighted by atomic mass is 35.5. The van der Waals surface area contributed by atoms with Gasteiger partial charge in [-0.25, -0.2) is 9.78 Å². The van der Waals surface area contributed by atoms with E-state index in [0.29, 0.717) is 74.5 Å². The highest BCUT2D eigenvalue weighted by Gasteiger charge is 2.40. The fourth-order valence-electron chi connectivity index (χ4n) is 4.64. The standard InChI is InChI=1S/C30H28Cl3N3O5/c1-18(28(35-41-16-19-5-6-19)27-23(31)3-2-4-24(27)32)15-40-21-7-8-22(25(33)14-21)30(39)10-12-36(17-30)26-13-20(29(37)38)9-11-34-26/h2-4,7-9,11,13-14,19,39H,1,5-6,10,12,15-17H2,(H,37,38)/b35-28+. The summed E-state index contributed by atoms with van der Waals surface area (Å²) in [7, 11) is 0. The van der Waals surface area contributed by atoms with Crippen molar-refractivity contribution in [3.63, 3.8) is 0 Å². The number of carboxylic acids is 1. The number of hydrogen-bond acceptors (Lipinski definition) is 7. The van der Waals surface area contributed by atoms with E-state index in [1.807, 2.05) is 4.90 Å². The van der Waals surface area contributed by atoms with E-state index < -0.39 is 11.6 Å². The van der Waals surface area contributed by atoms with E-state index in [1.54, 1.807) is 36.4 Å². The smallest absolute Gasteiger partial charge is 0.335 e. The van der Waals surface area contributed by atoms with Gasteiger partial charge in [-0.1, -0.05) is 58.7 Å². The minimum Gasteiger partial charge on any atom is -0.489 e. The predicted octanol–water partition coefficient (Wildman–Crippen LogP) is 6.60. The molecule has 0 amide bonds. The lowest BCUT2D eigenvalue weighted by atomic mass is 9.93. The summed E-state index contributed by atoms with van der Waals surface area (Å²) in [5, 5.41) is 26.2. The molecule has 2 N–H and O–H groups in total. The zero-order valence-electron chi connectivity index (χ0n) is 22.0. The topological polar surface area (TPSA) is 104 Å². The number of aliphatic hydroxyl groups is 1. The lowest BCUT2D eigenvalue weighted by Crippen LogP contribution is -2.31. The Morgan fingerprint density at radius 1 is 1.12 bits per heavy atom. The highest BCUT2D eigenvalue weighted by molar-refractivity contribution is 6.41. The predicted molar refractivity (Wildman–Crippen MR) is 160 cm³/mol. The van der Waals surface area contributed by atoms with Gasteiger partial charge >= 0.3 is 5.97 Å². The normalized spacial score (nSPS) is 18.8. The average Bonchev–Trinajstić information content (AvgIpc) is 3.69. The molecule has 0 radical (unpaired) electrons. The van der Waals surface area contributed by atoms with Crippen molar-refractivity contribution in [1.29, 1.82) is 0 Å². The summed E-state index contributed by atoms with van der Waals surface area (Å²) >= 11 is 19.5. The van der Waals surface area contributed by atoms with Gasteiger partial charge in [-0.3, -0.25) is 0 Å². The van der Waals surface area contributed by atoms with Crippen molar-refractivity contribution in [3.05, 3.63) is 98.6 Å². The number of halogens is 3. The molecule has 5 rings (SSSR count). The Hall–Kier alpha value is -3.30. The zero-order valence-corrected chi connectivity index (χ0v) is 24.3. The van der Waals surface area contributed by atoms with E-state index in [-0.39, 0.29) is 18.7 Å². The number of aromatic nitrogens is 1. The molecule has 1 saturated carbocycles.